The second-order valence-electron chi connectivity index (χ2n) is 4.42. The fraction of sp³-hybridized carbons (Fsp3) is 0.727. The molecule has 4 nitrogen and oxygen atoms in total. The summed E-state index contributed by atoms with van der Waals surface area (Å²) in [5, 5.41) is 14.2. The van der Waals surface area contributed by atoms with Crippen molar-refractivity contribution in [1.82, 2.24) is 9.78 Å². The van der Waals surface area contributed by atoms with Gasteiger partial charge in [-0.25, -0.2) is 0 Å². The molecule has 1 saturated carbocycles. The third-order valence-electron chi connectivity index (χ3n) is 2.97. The zero-order valence-electron chi connectivity index (χ0n) is 9.15. The van der Waals surface area contributed by atoms with Gasteiger partial charge < -0.3 is 9.84 Å². The summed E-state index contributed by atoms with van der Waals surface area (Å²) >= 11 is 0. The van der Waals surface area contributed by atoms with Crippen molar-refractivity contribution in [3.05, 3.63) is 12.4 Å². The van der Waals surface area contributed by atoms with Crippen LogP contribution in [0.4, 0.5) is 0 Å². The molecular weight excluding hydrogens is 192 g/mol. The normalized spacial score (nSPS) is 20.1. The summed E-state index contributed by atoms with van der Waals surface area (Å²) in [4.78, 5) is 0. The monoisotopic (exact) mass is 210 g/mol. The summed E-state index contributed by atoms with van der Waals surface area (Å²) in [6.07, 6.45) is 8.63. The van der Waals surface area contributed by atoms with Gasteiger partial charge in [0, 0.05) is 7.05 Å². The molecule has 0 amide bonds. The lowest BCUT2D eigenvalue weighted by atomic mass is 9.86. The van der Waals surface area contributed by atoms with Crippen LogP contribution in [0.25, 0.3) is 0 Å². The molecule has 1 N–H and O–H groups in total. The van der Waals surface area contributed by atoms with Gasteiger partial charge in [-0.2, -0.15) is 5.10 Å². The molecule has 1 fully saturated rings. The van der Waals surface area contributed by atoms with E-state index in [-0.39, 0.29) is 0 Å². The number of aryl methyl sites for hydroxylation is 1. The molecule has 0 atom stereocenters. The van der Waals surface area contributed by atoms with E-state index in [2.05, 4.69) is 5.10 Å². The van der Waals surface area contributed by atoms with Gasteiger partial charge in [0.05, 0.1) is 18.0 Å². The van der Waals surface area contributed by atoms with E-state index in [9.17, 15) is 5.11 Å². The smallest absolute Gasteiger partial charge is 0.157 e. The predicted octanol–water partition coefficient (Wildman–Crippen LogP) is 1.49. The molecule has 0 aromatic carbocycles. The average Bonchev–Trinajstić information content (AvgIpc) is 2.63. The van der Waals surface area contributed by atoms with Crippen molar-refractivity contribution in [2.45, 2.75) is 37.7 Å². The topological polar surface area (TPSA) is 47.3 Å². The fourth-order valence-corrected chi connectivity index (χ4v) is 2.05. The van der Waals surface area contributed by atoms with Crippen LogP contribution in [0.5, 0.6) is 5.75 Å². The third-order valence-corrected chi connectivity index (χ3v) is 2.97. The van der Waals surface area contributed by atoms with E-state index in [1.807, 2.05) is 13.2 Å². The predicted molar refractivity (Wildman–Crippen MR) is 56.7 cm³/mol. The van der Waals surface area contributed by atoms with Crippen LogP contribution in [-0.2, 0) is 7.05 Å². The van der Waals surface area contributed by atoms with Crippen LogP contribution in [0, 0.1) is 0 Å². The Bertz CT molecular complexity index is 316. The van der Waals surface area contributed by atoms with Gasteiger partial charge in [0.1, 0.15) is 6.61 Å². The molecule has 0 radical (unpaired) electrons. The summed E-state index contributed by atoms with van der Waals surface area (Å²) in [6.45, 7) is 0.388. The van der Waals surface area contributed by atoms with Crippen LogP contribution in [0.3, 0.4) is 0 Å². The third kappa shape index (κ3) is 2.72. The maximum absolute atomic E-state index is 10.2. The highest BCUT2D eigenvalue weighted by Crippen LogP contribution is 2.28. The molecule has 15 heavy (non-hydrogen) atoms. The van der Waals surface area contributed by atoms with E-state index in [1.165, 1.54) is 6.42 Å². The molecule has 1 aromatic rings. The van der Waals surface area contributed by atoms with Crippen LogP contribution >= 0.6 is 0 Å². The van der Waals surface area contributed by atoms with Crippen molar-refractivity contribution in [2.75, 3.05) is 6.61 Å². The Morgan fingerprint density at radius 1 is 1.47 bits per heavy atom. The highest BCUT2D eigenvalue weighted by molar-refractivity contribution is 5.11. The van der Waals surface area contributed by atoms with Crippen molar-refractivity contribution in [3.8, 4) is 5.75 Å². The van der Waals surface area contributed by atoms with E-state index in [1.54, 1.807) is 10.9 Å². The number of ether oxygens (including phenoxy) is 1. The fourth-order valence-electron chi connectivity index (χ4n) is 2.05. The van der Waals surface area contributed by atoms with Crippen LogP contribution in [-0.4, -0.2) is 27.1 Å². The zero-order chi connectivity index (χ0) is 10.7. The maximum atomic E-state index is 10.2. The first-order chi connectivity index (χ1) is 7.18. The Labute approximate surface area is 89.9 Å². The lowest BCUT2D eigenvalue weighted by molar-refractivity contribution is -0.0339. The lowest BCUT2D eigenvalue weighted by Crippen LogP contribution is -2.37. The molecular formula is C11H18N2O2. The molecule has 1 aliphatic rings. The number of rotatable bonds is 3. The summed E-state index contributed by atoms with van der Waals surface area (Å²) in [5.41, 5.74) is -0.617. The van der Waals surface area contributed by atoms with E-state index >= 15 is 0 Å². The number of hydrogen-bond acceptors (Lipinski definition) is 3. The molecule has 1 heterocycles. The highest BCUT2D eigenvalue weighted by Gasteiger charge is 2.30. The van der Waals surface area contributed by atoms with Gasteiger partial charge in [0.15, 0.2) is 5.75 Å². The molecule has 0 saturated heterocycles. The minimum absolute atomic E-state index is 0.388. The number of aromatic nitrogens is 2. The summed E-state index contributed by atoms with van der Waals surface area (Å²) < 4.78 is 7.23. The van der Waals surface area contributed by atoms with Gasteiger partial charge in [0.25, 0.3) is 0 Å². The van der Waals surface area contributed by atoms with Crippen LogP contribution in [0.2, 0.25) is 0 Å². The van der Waals surface area contributed by atoms with E-state index in [0.717, 1.165) is 31.4 Å². The van der Waals surface area contributed by atoms with Gasteiger partial charge in [-0.05, 0) is 12.8 Å². The number of nitrogens with zero attached hydrogens (tertiary/aromatic N) is 2. The van der Waals surface area contributed by atoms with E-state index < -0.39 is 5.60 Å². The molecule has 2 rings (SSSR count). The van der Waals surface area contributed by atoms with Gasteiger partial charge in [-0.1, -0.05) is 19.3 Å². The molecule has 0 bridgehead atoms. The standard InChI is InChI=1S/C11H18N2O2/c1-13-8-10(7-12-13)15-9-11(14)5-3-2-4-6-11/h7-8,14H,2-6,9H2,1H3. The van der Waals surface area contributed by atoms with Crippen LogP contribution in [0.1, 0.15) is 32.1 Å². The first kappa shape index (κ1) is 10.5. The van der Waals surface area contributed by atoms with E-state index in [0.29, 0.717) is 6.61 Å². The summed E-state index contributed by atoms with van der Waals surface area (Å²) in [6, 6.07) is 0. The van der Waals surface area contributed by atoms with Gasteiger partial charge in [-0.15, -0.1) is 0 Å². The Kier molecular flexibility index (Phi) is 2.95. The molecule has 0 unspecified atom stereocenters. The SMILES string of the molecule is Cn1cc(OCC2(O)CCCCC2)cn1. The van der Waals surface area contributed by atoms with Crippen molar-refractivity contribution in [2.24, 2.45) is 7.05 Å². The maximum Gasteiger partial charge on any atom is 0.157 e. The Balaban J connectivity index is 1.86. The number of hydrogen-bond donors (Lipinski definition) is 1. The molecule has 0 aliphatic heterocycles. The van der Waals surface area contributed by atoms with Gasteiger partial charge >= 0.3 is 0 Å². The largest absolute Gasteiger partial charge is 0.487 e. The average molecular weight is 210 g/mol. The van der Waals surface area contributed by atoms with Crippen LogP contribution in [0.15, 0.2) is 12.4 Å². The first-order valence-electron chi connectivity index (χ1n) is 5.52. The van der Waals surface area contributed by atoms with Crippen LogP contribution < -0.4 is 4.74 Å². The van der Waals surface area contributed by atoms with Crippen molar-refractivity contribution < 1.29 is 9.84 Å². The second kappa shape index (κ2) is 4.23. The Hall–Kier alpha value is -1.03. The molecule has 0 spiro atoms. The van der Waals surface area contributed by atoms with Crippen molar-refractivity contribution in [1.29, 1.82) is 0 Å². The number of aliphatic hydroxyl groups is 1. The minimum atomic E-state index is -0.617. The quantitative estimate of drug-likeness (QED) is 0.822. The first-order valence-corrected chi connectivity index (χ1v) is 5.52. The zero-order valence-corrected chi connectivity index (χ0v) is 9.15. The second-order valence-corrected chi connectivity index (χ2v) is 4.42. The summed E-state index contributed by atoms with van der Waals surface area (Å²) in [5.74, 6) is 0.733. The summed E-state index contributed by atoms with van der Waals surface area (Å²) in [7, 11) is 1.85. The van der Waals surface area contributed by atoms with Gasteiger partial charge in [0.2, 0.25) is 0 Å². The minimum Gasteiger partial charge on any atom is -0.487 e. The Morgan fingerprint density at radius 3 is 2.80 bits per heavy atom. The van der Waals surface area contributed by atoms with Crippen molar-refractivity contribution >= 4 is 0 Å². The Morgan fingerprint density at radius 2 is 2.20 bits per heavy atom. The molecule has 1 aliphatic carbocycles. The van der Waals surface area contributed by atoms with Crippen molar-refractivity contribution in [3.63, 3.8) is 0 Å². The molecule has 1 aromatic heterocycles. The van der Waals surface area contributed by atoms with E-state index in [4.69, 9.17) is 4.74 Å². The highest BCUT2D eigenvalue weighted by atomic mass is 16.5. The lowest BCUT2D eigenvalue weighted by Gasteiger charge is -2.31. The molecule has 4 heteroatoms. The molecule has 84 valence electrons. The van der Waals surface area contributed by atoms with Gasteiger partial charge in [-0.3, -0.25) is 4.68 Å².